The minimum atomic E-state index is 0.133. The average Bonchev–Trinajstić information content (AvgIpc) is 2.95. The van der Waals surface area contributed by atoms with Crippen molar-refractivity contribution < 1.29 is 9.47 Å². The van der Waals surface area contributed by atoms with E-state index in [4.69, 9.17) is 21.1 Å². The Hall–Kier alpha value is -0.730. The van der Waals surface area contributed by atoms with E-state index in [0.29, 0.717) is 5.88 Å². The van der Waals surface area contributed by atoms with Crippen molar-refractivity contribution in [3.8, 4) is 5.75 Å². The molecule has 1 fully saturated rings. The van der Waals surface area contributed by atoms with Gasteiger partial charge in [0, 0.05) is 24.3 Å². The van der Waals surface area contributed by atoms with E-state index in [1.165, 1.54) is 5.56 Å². The van der Waals surface area contributed by atoms with E-state index in [-0.39, 0.29) is 11.5 Å². The number of ether oxygens (including phenoxy) is 2. The zero-order chi connectivity index (χ0) is 11.7. The summed E-state index contributed by atoms with van der Waals surface area (Å²) in [6.07, 6.45) is 3.35. The molecular weight excluding hydrogens is 236 g/mol. The van der Waals surface area contributed by atoms with Crippen molar-refractivity contribution in [2.24, 2.45) is 5.41 Å². The van der Waals surface area contributed by atoms with Crippen molar-refractivity contribution in [2.45, 2.75) is 25.4 Å². The third kappa shape index (κ3) is 2.16. The van der Waals surface area contributed by atoms with Gasteiger partial charge in [0.25, 0.3) is 0 Å². The van der Waals surface area contributed by atoms with Gasteiger partial charge < -0.3 is 9.47 Å². The van der Waals surface area contributed by atoms with Gasteiger partial charge in [0.15, 0.2) is 0 Å². The lowest BCUT2D eigenvalue weighted by Crippen LogP contribution is -2.31. The van der Waals surface area contributed by atoms with Crippen LogP contribution in [0.25, 0.3) is 0 Å². The van der Waals surface area contributed by atoms with Crippen LogP contribution in [0, 0.1) is 5.41 Å². The fraction of sp³-hybridized carbons (Fsp3) is 0.571. The van der Waals surface area contributed by atoms with Crippen LogP contribution in [0.4, 0.5) is 0 Å². The number of para-hydroxylation sites is 1. The Kier molecular flexibility index (Phi) is 3.01. The van der Waals surface area contributed by atoms with E-state index in [2.05, 4.69) is 12.1 Å². The first-order valence-corrected chi connectivity index (χ1v) is 6.73. The summed E-state index contributed by atoms with van der Waals surface area (Å²) in [5, 5.41) is 0. The number of fused-ring (bicyclic) bond motifs is 1. The molecule has 2 unspecified atom stereocenters. The molecule has 2 nitrogen and oxygen atoms in total. The van der Waals surface area contributed by atoms with E-state index >= 15 is 0 Å². The van der Waals surface area contributed by atoms with Crippen LogP contribution < -0.4 is 4.74 Å². The summed E-state index contributed by atoms with van der Waals surface area (Å²) in [7, 11) is 0. The first kappa shape index (κ1) is 11.4. The van der Waals surface area contributed by atoms with Gasteiger partial charge >= 0.3 is 0 Å². The van der Waals surface area contributed by atoms with Crippen LogP contribution in [0.3, 0.4) is 0 Å². The highest BCUT2D eigenvalue weighted by atomic mass is 35.5. The van der Waals surface area contributed by atoms with Gasteiger partial charge in [-0.15, -0.1) is 11.6 Å². The van der Waals surface area contributed by atoms with E-state index in [1.807, 2.05) is 12.1 Å². The molecule has 17 heavy (non-hydrogen) atoms. The summed E-state index contributed by atoms with van der Waals surface area (Å²) in [5.74, 6) is 1.71. The third-order valence-electron chi connectivity index (χ3n) is 3.84. The molecule has 1 aromatic rings. The minimum Gasteiger partial charge on any atom is -0.490 e. The van der Waals surface area contributed by atoms with Gasteiger partial charge in [-0.2, -0.15) is 0 Å². The Balaban J connectivity index is 1.69. The normalized spacial score (nSPS) is 31.2. The monoisotopic (exact) mass is 252 g/mol. The van der Waals surface area contributed by atoms with Gasteiger partial charge in [0.1, 0.15) is 11.9 Å². The van der Waals surface area contributed by atoms with Crippen LogP contribution in [-0.4, -0.2) is 25.2 Å². The van der Waals surface area contributed by atoms with Crippen molar-refractivity contribution in [2.75, 3.05) is 19.1 Å². The Labute approximate surface area is 107 Å². The number of alkyl halides is 1. The zero-order valence-electron chi connectivity index (χ0n) is 9.82. The lowest BCUT2D eigenvalue weighted by atomic mass is 9.83. The second kappa shape index (κ2) is 4.51. The topological polar surface area (TPSA) is 18.5 Å². The maximum atomic E-state index is 6.12. The standard InChI is InChI=1S/C14H17ClO2/c15-9-14(5-6-16-10-14)8-12-7-11-3-1-2-4-13(11)17-12/h1-4,12H,5-10H2. The van der Waals surface area contributed by atoms with Crippen molar-refractivity contribution in [1.29, 1.82) is 0 Å². The van der Waals surface area contributed by atoms with Gasteiger partial charge in [0.05, 0.1) is 6.61 Å². The Morgan fingerprint density at radius 2 is 2.24 bits per heavy atom. The summed E-state index contributed by atoms with van der Waals surface area (Å²) in [4.78, 5) is 0. The number of benzene rings is 1. The predicted molar refractivity (Wildman–Crippen MR) is 67.8 cm³/mol. The van der Waals surface area contributed by atoms with Crippen molar-refractivity contribution in [3.63, 3.8) is 0 Å². The van der Waals surface area contributed by atoms with Crippen molar-refractivity contribution in [3.05, 3.63) is 29.8 Å². The lowest BCUT2D eigenvalue weighted by molar-refractivity contribution is 0.116. The number of halogens is 1. The molecule has 0 N–H and O–H groups in total. The van der Waals surface area contributed by atoms with E-state index in [1.54, 1.807) is 0 Å². The van der Waals surface area contributed by atoms with Crippen LogP contribution in [0.5, 0.6) is 5.75 Å². The molecule has 3 rings (SSSR count). The van der Waals surface area contributed by atoms with Gasteiger partial charge in [0.2, 0.25) is 0 Å². The highest BCUT2D eigenvalue weighted by Crippen LogP contribution is 2.39. The van der Waals surface area contributed by atoms with Crippen LogP contribution in [0.15, 0.2) is 24.3 Å². The Morgan fingerprint density at radius 3 is 2.94 bits per heavy atom. The van der Waals surface area contributed by atoms with E-state index < -0.39 is 0 Å². The molecule has 0 aromatic heterocycles. The fourth-order valence-electron chi connectivity index (χ4n) is 2.82. The summed E-state index contributed by atoms with van der Waals surface area (Å²) in [6, 6.07) is 8.29. The molecule has 1 saturated heterocycles. The quantitative estimate of drug-likeness (QED) is 0.770. The predicted octanol–water partition coefficient (Wildman–Crippen LogP) is 3.03. The maximum Gasteiger partial charge on any atom is 0.123 e. The molecule has 2 aliphatic heterocycles. The van der Waals surface area contributed by atoms with E-state index in [9.17, 15) is 0 Å². The lowest BCUT2D eigenvalue weighted by Gasteiger charge is -2.27. The van der Waals surface area contributed by atoms with Crippen molar-refractivity contribution in [1.82, 2.24) is 0 Å². The highest BCUT2D eigenvalue weighted by Gasteiger charge is 2.38. The molecule has 0 spiro atoms. The van der Waals surface area contributed by atoms with Gasteiger partial charge in [-0.25, -0.2) is 0 Å². The molecule has 2 heterocycles. The highest BCUT2D eigenvalue weighted by molar-refractivity contribution is 6.18. The zero-order valence-corrected chi connectivity index (χ0v) is 10.6. The summed E-state index contributed by atoms with van der Waals surface area (Å²) in [5.41, 5.74) is 1.45. The second-order valence-electron chi connectivity index (χ2n) is 5.19. The smallest absolute Gasteiger partial charge is 0.123 e. The molecule has 0 saturated carbocycles. The van der Waals surface area contributed by atoms with Crippen LogP contribution in [0.1, 0.15) is 18.4 Å². The third-order valence-corrected chi connectivity index (χ3v) is 4.41. The minimum absolute atomic E-state index is 0.133. The summed E-state index contributed by atoms with van der Waals surface area (Å²) >= 11 is 6.12. The summed E-state index contributed by atoms with van der Waals surface area (Å²) < 4.78 is 11.5. The van der Waals surface area contributed by atoms with Gasteiger partial charge in [-0.1, -0.05) is 18.2 Å². The largest absolute Gasteiger partial charge is 0.490 e. The van der Waals surface area contributed by atoms with Crippen LogP contribution in [-0.2, 0) is 11.2 Å². The fourth-order valence-corrected chi connectivity index (χ4v) is 3.14. The van der Waals surface area contributed by atoms with Crippen molar-refractivity contribution >= 4 is 11.6 Å². The molecule has 1 aromatic carbocycles. The average molecular weight is 253 g/mol. The molecule has 0 bridgehead atoms. The van der Waals surface area contributed by atoms with Crippen LogP contribution >= 0.6 is 11.6 Å². The Morgan fingerprint density at radius 1 is 1.35 bits per heavy atom. The maximum absolute atomic E-state index is 6.12. The molecule has 0 radical (unpaired) electrons. The SMILES string of the molecule is ClCC1(CC2Cc3ccccc3O2)CCOC1. The Bertz CT molecular complexity index is 374. The number of rotatable bonds is 3. The number of hydrogen-bond acceptors (Lipinski definition) is 2. The second-order valence-corrected chi connectivity index (χ2v) is 5.46. The molecule has 0 aliphatic carbocycles. The molecule has 92 valence electrons. The van der Waals surface area contributed by atoms with Gasteiger partial charge in [-0.3, -0.25) is 0 Å². The van der Waals surface area contributed by atoms with Gasteiger partial charge in [-0.05, 0) is 24.5 Å². The number of hydrogen-bond donors (Lipinski definition) is 0. The first-order chi connectivity index (χ1) is 8.31. The molecule has 0 amide bonds. The molecular formula is C14H17ClO2. The molecule has 3 heteroatoms. The van der Waals surface area contributed by atoms with E-state index in [0.717, 1.165) is 38.2 Å². The molecule has 2 aliphatic rings. The van der Waals surface area contributed by atoms with Crippen LogP contribution in [0.2, 0.25) is 0 Å². The molecule has 2 atom stereocenters. The summed E-state index contributed by atoms with van der Waals surface area (Å²) in [6.45, 7) is 1.62. The first-order valence-electron chi connectivity index (χ1n) is 6.20.